The van der Waals surface area contributed by atoms with Crippen molar-refractivity contribution in [3.05, 3.63) is 23.7 Å². The van der Waals surface area contributed by atoms with E-state index in [-0.39, 0.29) is 0 Å². The second-order valence-electron chi connectivity index (χ2n) is 3.76. The van der Waals surface area contributed by atoms with E-state index in [1.807, 2.05) is 13.1 Å². The van der Waals surface area contributed by atoms with Gasteiger partial charge in [-0.1, -0.05) is 6.92 Å². The molecule has 0 radical (unpaired) electrons. The molecule has 1 N–H and O–H groups in total. The molecule has 0 spiro atoms. The summed E-state index contributed by atoms with van der Waals surface area (Å²) >= 11 is 0. The number of nitrogens with one attached hydrogen (secondary N) is 1. The van der Waals surface area contributed by atoms with Crippen LogP contribution in [0.15, 0.2) is 16.7 Å². The third-order valence-corrected chi connectivity index (χ3v) is 2.63. The van der Waals surface area contributed by atoms with Gasteiger partial charge in [0.05, 0.1) is 19.4 Å². The molecule has 92 valence electrons. The van der Waals surface area contributed by atoms with E-state index in [4.69, 9.17) is 9.15 Å². The van der Waals surface area contributed by atoms with Gasteiger partial charge in [0.15, 0.2) is 0 Å². The van der Waals surface area contributed by atoms with Gasteiger partial charge in [0, 0.05) is 25.8 Å². The average Bonchev–Trinajstić information content (AvgIpc) is 2.72. The maximum absolute atomic E-state index is 5.51. The maximum atomic E-state index is 5.51. The zero-order chi connectivity index (χ0) is 11.8. The second-order valence-corrected chi connectivity index (χ2v) is 3.76. The summed E-state index contributed by atoms with van der Waals surface area (Å²) < 4.78 is 10.6. The number of methoxy groups -OCH3 is 1. The monoisotopic (exact) mass is 226 g/mol. The van der Waals surface area contributed by atoms with Crippen LogP contribution in [-0.4, -0.2) is 38.8 Å². The van der Waals surface area contributed by atoms with Crippen LogP contribution in [0.3, 0.4) is 0 Å². The van der Waals surface area contributed by atoms with Crippen molar-refractivity contribution >= 4 is 0 Å². The number of likely N-dealkylation sites (N-methyl/N-ethyl adjacent to an activating group) is 1. The predicted molar refractivity (Wildman–Crippen MR) is 64.3 cm³/mol. The lowest BCUT2D eigenvalue weighted by Gasteiger charge is -2.19. The normalized spacial score (nSPS) is 11.2. The van der Waals surface area contributed by atoms with Crippen LogP contribution in [0.4, 0.5) is 0 Å². The van der Waals surface area contributed by atoms with Gasteiger partial charge in [-0.25, -0.2) is 0 Å². The molecule has 1 heterocycles. The van der Waals surface area contributed by atoms with Crippen LogP contribution in [-0.2, 0) is 17.8 Å². The van der Waals surface area contributed by atoms with Gasteiger partial charge in [-0.15, -0.1) is 0 Å². The molecule has 0 aliphatic carbocycles. The molecular weight excluding hydrogens is 204 g/mol. The zero-order valence-electron chi connectivity index (χ0n) is 10.5. The number of hydrogen-bond acceptors (Lipinski definition) is 4. The molecule has 0 fully saturated rings. The van der Waals surface area contributed by atoms with E-state index < -0.39 is 0 Å². The van der Waals surface area contributed by atoms with E-state index in [0.29, 0.717) is 0 Å². The Hall–Kier alpha value is -0.840. The summed E-state index contributed by atoms with van der Waals surface area (Å²) in [5, 5.41) is 3.14. The molecule has 0 saturated heterocycles. The summed E-state index contributed by atoms with van der Waals surface area (Å²) in [6.45, 7) is 6.56. The molecule has 0 aliphatic rings. The Morgan fingerprint density at radius 2 is 2.31 bits per heavy atom. The quantitative estimate of drug-likeness (QED) is 0.728. The van der Waals surface area contributed by atoms with Crippen molar-refractivity contribution in [2.45, 2.75) is 20.0 Å². The Balaban J connectivity index is 2.51. The minimum Gasteiger partial charge on any atom is -0.468 e. The van der Waals surface area contributed by atoms with E-state index >= 15 is 0 Å². The Morgan fingerprint density at radius 3 is 2.94 bits per heavy atom. The van der Waals surface area contributed by atoms with Gasteiger partial charge < -0.3 is 14.5 Å². The smallest absolute Gasteiger partial charge is 0.122 e. The van der Waals surface area contributed by atoms with Gasteiger partial charge >= 0.3 is 0 Å². The summed E-state index contributed by atoms with van der Waals surface area (Å²) in [6, 6.07) is 2.02. The number of furan rings is 1. The van der Waals surface area contributed by atoms with Gasteiger partial charge in [0.25, 0.3) is 0 Å². The first-order valence-corrected chi connectivity index (χ1v) is 5.73. The van der Waals surface area contributed by atoms with E-state index in [1.54, 1.807) is 13.4 Å². The van der Waals surface area contributed by atoms with Gasteiger partial charge in [-0.2, -0.15) is 0 Å². The van der Waals surface area contributed by atoms with Crippen molar-refractivity contribution < 1.29 is 9.15 Å². The van der Waals surface area contributed by atoms with Crippen molar-refractivity contribution in [1.82, 2.24) is 10.2 Å². The van der Waals surface area contributed by atoms with Crippen molar-refractivity contribution in [2.24, 2.45) is 0 Å². The average molecular weight is 226 g/mol. The fourth-order valence-electron chi connectivity index (χ4n) is 1.63. The second kappa shape index (κ2) is 7.44. The molecule has 1 rings (SSSR count). The fraction of sp³-hybridized carbons (Fsp3) is 0.667. The van der Waals surface area contributed by atoms with Crippen LogP contribution in [0.5, 0.6) is 0 Å². The fourth-order valence-corrected chi connectivity index (χ4v) is 1.63. The largest absolute Gasteiger partial charge is 0.468 e. The minimum atomic E-state index is 0.760. The number of rotatable bonds is 8. The third-order valence-electron chi connectivity index (χ3n) is 2.63. The molecule has 0 aromatic carbocycles. The Kier molecular flexibility index (Phi) is 6.15. The van der Waals surface area contributed by atoms with E-state index in [0.717, 1.165) is 38.5 Å². The zero-order valence-corrected chi connectivity index (χ0v) is 10.5. The van der Waals surface area contributed by atoms with Crippen molar-refractivity contribution in [1.29, 1.82) is 0 Å². The number of ether oxygens (including phenoxy) is 1. The summed E-state index contributed by atoms with van der Waals surface area (Å²) in [4.78, 5) is 2.31. The van der Waals surface area contributed by atoms with E-state index in [2.05, 4.69) is 17.1 Å². The molecule has 1 aromatic rings. The van der Waals surface area contributed by atoms with Crippen molar-refractivity contribution in [2.75, 3.05) is 33.9 Å². The van der Waals surface area contributed by atoms with E-state index in [9.17, 15) is 0 Å². The highest BCUT2D eigenvalue weighted by atomic mass is 16.5. The Labute approximate surface area is 97.6 Å². The highest BCUT2D eigenvalue weighted by Crippen LogP contribution is 2.12. The minimum absolute atomic E-state index is 0.760. The maximum Gasteiger partial charge on any atom is 0.122 e. The highest BCUT2D eigenvalue weighted by molar-refractivity contribution is 5.16. The third kappa shape index (κ3) is 3.96. The molecule has 4 nitrogen and oxygen atoms in total. The lowest BCUT2D eigenvalue weighted by molar-refractivity contribution is 0.142. The van der Waals surface area contributed by atoms with Gasteiger partial charge in [-0.3, -0.25) is 4.90 Å². The molecule has 0 atom stereocenters. The lowest BCUT2D eigenvalue weighted by Crippen LogP contribution is -2.27. The molecule has 4 heteroatoms. The Morgan fingerprint density at radius 1 is 1.50 bits per heavy atom. The van der Waals surface area contributed by atoms with Crippen LogP contribution >= 0.6 is 0 Å². The van der Waals surface area contributed by atoms with Crippen molar-refractivity contribution in [3.63, 3.8) is 0 Å². The van der Waals surface area contributed by atoms with E-state index in [1.165, 1.54) is 5.56 Å². The molecule has 0 unspecified atom stereocenters. The van der Waals surface area contributed by atoms with Gasteiger partial charge in [0.2, 0.25) is 0 Å². The molecule has 0 aliphatic heterocycles. The molecule has 0 saturated carbocycles. The van der Waals surface area contributed by atoms with Gasteiger partial charge in [-0.05, 0) is 19.7 Å². The van der Waals surface area contributed by atoms with Crippen LogP contribution in [0, 0.1) is 0 Å². The highest BCUT2D eigenvalue weighted by Gasteiger charge is 2.10. The summed E-state index contributed by atoms with van der Waals surface area (Å²) in [7, 11) is 3.67. The van der Waals surface area contributed by atoms with Crippen molar-refractivity contribution in [3.8, 4) is 0 Å². The SMILES string of the molecule is CCN(CCOC)Cc1occc1CNC. The topological polar surface area (TPSA) is 37.6 Å². The first kappa shape index (κ1) is 13.2. The predicted octanol–water partition coefficient (Wildman–Crippen LogP) is 1.47. The molecule has 1 aromatic heterocycles. The lowest BCUT2D eigenvalue weighted by atomic mass is 10.2. The van der Waals surface area contributed by atoms with Crippen LogP contribution in [0.2, 0.25) is 0 Å². The standard InChI is InChI=1S/C12H22N2O2/c1-4-14(6-8-15-3)10-12-11(9-13-2)5-7-16-12/h5,7,13H,4,6,8-10H2,1-3H3. The molecule has 0 bridgehead atoms. The van der Waals surface area contributed by atoms with Crippen LogP contribution < -0.4 is 5.32 Å². The number of nitrogens with zero attached hydrogens (tertiary/aromatic N) is 1. The summed E-state index contributed by atoms with van der Waals surface area (Å²) in [5.41, 5.74) is 1.23. The van der Waals surface area contributed by atoms with Crippen LogP contribution in [0.25, 0.3) is 0 Å². The first-order chi connectivity index (χ1) is 7.81. The molecule has 16 heavy (non-hydrogen) atoms. The molecular formula is C12H22N2O2. The first-order valence-electron chi connectivity index (χ1n) is 5.73. The summed E-state index contributed by atoms with van der Waals surface area (Å²) in [6.07, 6.45) is 1.76. The summed E-state index contributed by atoms with van der Waals surface area (Å²) in [5.74, 6) is 1.05. The van der Waals surface area contributed by atoms with Crippen LogP contribution in [0.1, 0.15) is 18.2 Å². The number of hydrogen-bond donors (Lipinski definition) is 1. The molecule has 0 amide bonds. The Bertz CT molecular complexity index is 286. The van der Waals surface area contributed by atoms with Gasteiger partial charge in [0.1, 0.15) is 5.76 Å².